The van der Waals surface area contributed by atoms with Gasteiger partial charge >= 0.3 is 0 Å². The monoisotopic (exact) mass is 314 g/mol. The highest BCUT2D eigenvalue weighted by molar-refractivity contribution is 9.10. The molecule has 2 heterocycles. The summed E-state index contributed by atoms with van der Waals surface area (Å²) in [6.07, 6.45) is 1.35. The van der Waals surface area contributed by atoms with Crippen LogP contribution in [0.25, 0.3) is 0 Å². The summed E-state index contributed by atoms with van der Waals surface area (Å²) in [4.78, 5) is 0. The summed E-state index contributed by atoms with van der Waals surface area (Å²) in [5, 5.41) is 10.9. The molecule has 0 radical (unpaired) electrons. The van der Waals surface area contributed by atoms with Crippen LogP contribution in [-0.4, -0.2) is 21.7 Å². The van der Waals surface area contributed by atoms with E-state index in [4.69, 9.17) is 4.74 Å². The van der Waals surface area contributed by atoms with Crippen molar-refractivity contribution in [3.8, 4) is 5.75 Å². The van der Waals surface area contributed by atoms with Crippen molar-refractivity contribution < 1.29 is 9.84 Å². The molecule has 2 unspecified atom stereocenters. The van der Waals surface area contributed by atoms with Gasteiger partial charge in [0.15, 0.2) is 0 Å². The molecule has 4 heteroatoms. The second-order valence-corrected chi connectivity index (χ2v) is 7.36. The van der Waals surface area contributed by atoms with Gasteiger partial charge in [-0.1, -0.05) is 22.9 Å². The first-order valence-corrected chi connectivity index (χ1v) is 7.70. The van der Waals surface area contributed by atoms with Gasteiger partial charge in [-0.2, -0.15) is 11.8 Å². The van der Waals surface area contributed by atoms with Gasteiger partial charge in [-0.3, -0.25) is 0 Å². The van der Waals surface area contributed by atoms with Gasteiger partial charge in [-0.25, -0.2) is 0 Å². The van der Waals surface area contributed by atoms with Gasteiger partial charge in [0, 0.05) is 27.5 Å². The minimum atomic E-state index is -0.401. The van der Waals surface area contributed by atoms with E-state index in [1.807, 2.05) is 30.0 Å². The molecule has 92 valence electrons. The minimum absolute atomic E-state index is 0.148. The fourth-order valence-electron chi connectivity index (χ4n) is 2.76. The van der Waals surface area contributed by atoms with Gasteiger partial charge in [-0.15, -0.1) is 0 Å². The molecule has 1 aromatic carbocycles. The van der Waals surface area contributed by atoms with Gasteiger partial charge in [0.2, 0.25) is 0 Å². The molecule has 1 N–H and O–H groups in total. The fraction of sp³-hybridized carbons (Fsp3) is 0.538. The number of fused-ring (bicyclic) bond motifs is 1. The topological polar surface area (TPSA) is 29.5 Å². The molecule has 2 aliphatic heterocycles. The van der Waals surface area contributed by atoms with Crippen LogP contribution in [-0.2, 0) is 0 Å². The van der Waals surface area contributed by atoms with Crippen LogP contribution in [0.5, 0.6) is 5.75 Å². The van der Waals surface area contributed by atoms with E-state index in [-0.39, 0.29) is 5.60 Å². The van der Waals surface area contributed by atoms with Crippen LogP contribution in [0.2, 0.25) is 0 Å². The second-order valence-electron chi connectivity index (χ2n) is 5.01. The summed E-state index contributed by atoms with van der Waals surface area (Å²) in [7, 11) is 0. The number of hydrogen-bond donors (Lipinski definition) is 1. The lowest BCUT2D eigenvalue weighted by Crippen LogP contribution is -2.41. The first-order valence-electron chi connectivity index (χ1n) is 5.86. The lowest BCUT2D eigenvalue weighted by atomic mass is 9.87. The third-order valence-corrected chi connectivity index (χ3v) is 5.43. The molecule has 0 aromatic heterocycles. The van der Waals surface area contributed by atoms with Crippen molar-refractivity contribution in [2.24, 2.45) is 0 Å². The first kappa shape index (κ1) is 11.9. The number of benzene rings is 1. The molecule has 2 nitrogen and oxygen atoms in total. The molecular weight excluding hydrogens is 300 g/mol. The maximum absolute atomic E-state index is 10.3. The zero-order chi connectivity index (χ0) is 12.0. The van der Waals surface area contributed by atoms with Crippen molar-refractivity contribution in [2.75, 3.05) is 5.75 Å². The van der Waals surface area contributed by atoms with Crippen LogP contribution in [0.15, 0.2) is 22.7 Å². The Hall–Kier alpha value is -0.190. The van der Waals surface area contributed by atoms with Gasteiger partial charge in [0.05, 0.1) is 6.10 Å². The van der Waals surface area contributed by atoms with Crippen molar-refractivity contribution in [1.82, 2.24) is 0 Å². The summed E-state index contributed by atoms with van der Waals surface area (Å²) >= 11 is 5.37. The number of ether oxygens (including phenoxy) is 1. The van der Waals surface area contributed by atoms with E-state index < -0.39 is 6.10 Å². The average Bonchev–Trinajstić information content (AvgIpc) is 2.61. The summed E-state index contributed by atoms with van der Waals surface area (Å²) in [6, 6.07) is 5.88. The Balaban J connectivity index is 1.96. The predicted molar refractivity (Wildman–Crippen MR) is 73.6 cm³/mol. The molecule has 1 saturated heterocycles. The van der Waals surface area contributed by atoms with Crippen molar-refractivity contribution in [2.45, 2.75) is 36.7 Å². The van der Waals surface area contributed by atoms with Crippen molar-refractivity contribution in [1.29, 1.82) is 0 Å². The smallest absolute Gasteiger partial charge is 0.126 e. The first-order chi connectivity index (χ1) is 8.08. The minimum Gasteiger partial charge on any atom is -0.486 e. The maximum Gasteiger partial charge on any atom is 0.126 e. The van der Waals surface area contributed by atoms with Gasteiger partial charge < -0.3 is 9.84 Å². The van der Waals surface area contributed by atoms with Crippen molar-refractivity contribution in [3.05, 3.63) is 28.2 Å². The van der Waals surface area contributed by atoms with E-state index in [0.29, 0.717) is 11.7 Å². The predicted octanol–water partition coefficient (Wildman–Crippen LogP) is 3.53. The van der Waals surface area contributed by atoms with Crippen LogP contribution in [0.1, 0.15) is 31.4 Å². The van der Waals surface area contributed by atoms with Gasteiger partial charge in [-0.05, 0) is 24.6 Å². The lowest BCUT2D eigenvalue weighted by Gasteiger charge is -2.37. The zero-order valence-corrected chi connectivity index (χ0v) is 12.1. The SMILES string of the molecule is CC1CC2(CS1)C[C@@H](O)c1cc(Br)ccc1O2. The summed E-state index contributed by atoms with van der Waals surface area (Å²) in [5.74, 6) is 1.84. The van der Waals surface area contributed by atoms with Gasteiger partial charge in [0.1, 0.15) is 11.4 Å². The number of thioether (sulfide) groups is 1. The van der Waals surface area contributed by atoms with E-state index in [2.05, 4.69) is 22.9 Å². The molecule has 0 amide bonds. The van der Waals surface area contributed by atoms with Crippen LogP contribution < -0.4 is 4.74 Å². The van der Waals surface area contributed by atoms with Gasteiger partial charge in [0.25, 0.3) is 0 Å². The number of rotatable bonds is 0. The highest BCUT2D eigenvalue weighted by atomic mass is 79.9. The molecule has 0 aliphatic carbocycles. The average molecular weight is 315 g/mol. The Kier molecular flexibility index (Phi) is 2.92. The van der Waals surface area contributed by atoms with Crippen molar-refractivity contribution in [3.63, 3.8) is 0 Å². The third-order valence-electron chi connectivity index (χ3n) is 3.51. The molecule has 1 fully saturated rings. The molecule has 1 spiro atoms. The van der Waals surface area contributed by atoms with E-state index in [1.165, 1.54) is 0 Å². The summed E-state index contributed by atoms with van der Waals surface area (Å²) in [5.41, 5.74) is 0.763. The number of halogens is 1. The summed E-state index contributed by atoms with van der Waals surface area (Å²) in [6.45, 7) is 2.23. The molecule has 0 bridgehead atoms. The largest absolute Gasteiger partial charge is 0.486 e. The number of hydrogen-bond acceptors (Lipinski definition) is 3. The quantitative estimate of drug-likeness (QED) is 0.794. The van der Waals surface area contributed by atoms with E-state index in [0.717, 1.165) is 28.0 Å². The standard InChI is InChI=1S/C13H15BrO2S/c1-8-5-13(7-17-8)6-11(15)10-4-9(14)2-3-12(10)16-13/h2-4,8,11,15H,5-7H2,1H3/t8?,11-,13?/m1/s1. The Morgan fingerprint density at radius 1 is 1.47 bits per heavy atom. The van der Waals surface area contributed by atoms with Crippen LogP contribution in [0, 0.1) is 0 Å². The number of aliphatic hydroxyl groups is 1. The van der Waals surface area contributed by atoms with Crippen LogP contribution in [0.4, 0.5) is 0 Å². The third kappa shape index (κ3) is 2.11. The Labute approximate surface area is 114 Å². The Morgan fingerprint density at radius 2 is 2.29 bits per heavy atom. The Bertz CT molecular complexity index is 451. The highest BCUT2D eigenvalue weighted by Gasteiger charge is 2.45. The molecule has 0 saturated carbocycles. The maximum atomic E-state index is 10.3. The molecule has 3 atom stereocenters. The van der Waals surface area contributed by atoms with Crippen molar-refractivity contribution >= 4 is 27.7 Å². The molecule has 2 aliphatic rings. The number of aliphatic hydroxyl groups excluding tert-OH is 1. The van der Waals surface area contributed by atoms with Crippen LogP contribution in [0.3, 0.4) is 0 Å². The normalized spacial score (nSPS) is 35.7. The summed E-state index contributed by atoms with van der Waals surface area (Å²) < 4.78 is 7.16. The highest BCUT2D eigenvalue weighted by Crippen LogP contribution is 2.48. The molecule has 1 aromatic rings. The second kappa shape index (κ2) is 4.18. The van der Waals surface area contributed by atoms with Crippen LogP contribution >= 0.6 is 27.7 Å². The lowest BCUT2D eigenvalue weighted by molar-refractivity contribution is 0.00147. The van der Waals surface area contributed by atoms with E-state index in [1.54, 1.807) is 0 Å². The molecule has 3 rings (SSSR count). The molecular formula is C13H15BrO2S. The fourth-order valence-corrected chi connectivity index (χ4v) is 4.44. The molecule has 17 heavy (non-hydrogen) atoms. The Morgan fingerprint density at radius 3 is 3.00 bits per heavy atom. The van der Waals surface area contributed by atoms with E-state index >= 15 is 0 Å². The zero-order valence-electron chi connectivity index (χ0n) is 9.65. The van der Waals surface area contributed by atoms with E-state index in [9.17, 15) is 5.11 Å².